The smallest absolute Gasteiger partial charge is 0.311 e. The standard InChI is InChI=1S/C22H17ClN6O3.ClH/c1-2-32-21-9-19-17(8-20(21)29(30)31)22(15(10-24)11-26-19)27-16-4-3-14(18(23)7-16)12-28-6-5-25-13-28;/h3-9,11,13H,2,12H2,1H3,(H,26,27);1H. The van der Waals surface area contributed by atoms with Crippen LogP contribution in [0.25, 0.3) is 10.9 Å². The van der Waals surface area contributed by atoms with E-state index in [0.717, 1.165) is 5.56 Å². The van der Waals surface area contributed by atoms with Crippen LogP contribution < -0.4 is 10.1 Å². The van der Waals surface area contributed by atoms with E-state index in [4.69, 9.17) is 16.3 Å². The van der Waals surface area contributed by atoms with Gasteiger partial charge in [-0.1, -0.05) is 17.7 Å². The van der Waals surface area contributed by atoms with Gasteiger partial charge in [0.1, 0.15) is 6.07 Å². The fourth-order valence-electron chi connectivity index (χ4n) is 3.32. The number of halogens is 2. The quantitative estimate of drug-likeness (QED) is 0.272. The van der Waals surface area contributed by atoms with Crippen LogP contribution in [0.3, 0.4) is 0 Å². The molecular formula is C22H18Cl2N6O3. The number of aromatic nitrogens is 3. The summed E-state index contributed by atoms with van der Waals surface area (Å²) in [6, 6.07) is 10.4. The average molecular weight is 485 g/mol. The minimum Gasteiger partial charge on any atom is -0.487 e. The summed E-state index contributed by atoms with van der Waals surface area (Å²) in [4.78, 5) is 19.3. The first-order valence-electron chi connectivity index (χ1n) is 9.65. The highest BCUT2D eigenvalue weighted by Crippen LogP contribution is 2.37. The molecule has 4 aromatic rings. The Morgan fingerprint density at radius 2 is 2.15 bits per heavy atom. The van der Waals surface area contributed by atoms with Crippen molar-refractivity contribution in [3.05, 3.63) is 81.5 Å². The predicted octanol–water partition coefficient (Wildman–Crippen LogP) is 5.48. The topological polar surface area (TPSA) is 119 Å². The number of pyridine rings is 1. The van der Waals surface area contributed by atoms with E-state index in [2.05, 4.69) is 21.4 Å². The Bertz CT molecular complexity index is 1350. The van der Waals surface area contributed by atoms with E-state index in [1.165, 1.54) is 18.3 Å². The third-order valence-corrected chi connectivity index (χ3v) is 5.15. The van der Waals surface area contributed by atoms with Crippen molar-refractivity contribution in [2.45, 2.75) is 13.5 Å². The van der Waals surface area contributed by atoms with Crippen molar-refractivity contribution < 1.29 is 9.66 Å². The number of nitro benzene ring substituents is 1. The molecule has 4 rings (SSSR count). The van der Waals surface area contributed by atoms with Crippen molar-refractivity contribution in [2.75, 3.05) is 11.9 Å². The number of fused-ring (bicyclic) bond motifs is 1. The van der Waals surface area contributed by atoms with E-state index in [-0.39, 0.29) is 36.0 Å². The zero-order chi connectivity index (χ0) is 22.7. The molecule has 11 heteroatoms. The van der Waals surface area contributed by atoms with Gasteiger partial charge in [0, 0.05) is 53.4 Å². The summed E-state index contributed by atoms with van der Waals surface area (Å²) in [6.07, 6.45) is 6.65. The second-order valence-corrected chi connectivity index (χ2v) is 7.26. The highest BCUT2D eigenvalue weighted by atomic mass is 35.5. The molecule has 0 atom stereocenters. The van der Waals surface area contributed by atoms with Crippen LogP contribution in [-0.2, 0) is 6.54 Å². The first-order valence-corrected chi connectivity index (χ1v) is 10.0. The number of anilines is 2. The van der Waals surface area contributed by atoms with Crippen molar-refractivity contribution in [3.8, 4) is 11.8 Å². The van der Waals surface area contributed by atoms with Gasteiger partial charge in [0.25, 0.3) is 0 Å². The molecule has 0 spiro atoms. The number of nitriles is 1. The molecule has 1 N–H and O–H groups in total. The number of nitro groups is 1. The largest absolute Gasteiger partial charge is 0.487 e. The van der Waals surface area contributed by atoms with Crippen LogP contribution >= 0.6 is 24.0 Å². The highest BCUT2D eigenvalue weighted by molar-refractivity contribution is 6.31. The number of imidazole rings is 1. The van der Waals surface area contributed by atoms with Gasteiger partial charge in [-0.05, 0) is 24.6 Å². The second-order valence-electron chi connectivity index (χ2n) is 6.85. The lowest BCUT2D eigenvalue weighted by Crippen LogP contribution is -2.02. The van der Waals surface area contributed by atoms with Crippen LogP contribution in [0.2, 0.25) is 5.02 Å². The Kier molecular flexibility index (Phi) is 7.33. The predicted molar refractivity (Wildman–Crippen MR) is 128 cm³/mol. The van der Waals surface area contributed by atoms with E-state index in [0.29, 0.717) is 33.8 Å². The Morgan fingerprint density at radius 1 is 1.33 bits per heavy atom. The van der Waals surface area contributed by atoms with Gasteiger partial charge in [-0.15, -0.1) is 12.4 Å². The van der Waals surface area contributed by atoms with Crippen LogP contribution in [0, 0.1) is 21.4 Å². The minimum atomic E-state index is -0.519. The van der Waals surface area contributed by atoms with Gasteiger partial charge in [0.15, 0.2) is 5.75 Å². The summed E-state index contributed by atoms with van der Waals surface area (Å²) >= 11 is 6.47. The Balaban J connectivity index is 0.00000306. The van der Waals surface area contributed by atoms with Gasteiger partial charge in [-0.2, -0.15) is 5.26 Å². The van der Waals surface area contributed by atoms with Gasteiger partial charge in [-0.3, -0.25) is 15.1 Å². The Morgan fingerprint density at radius 3 is 2.79 bits per heavy atom. The number of nitrogens with zero attached hydrogens (tertiary/aromatic N) is 5. The molecule has 168 valence electrons. The van der Waals surface area contributed by atoms with Crippen molar-refractivity contribution >= 4 is 52.0 Å². The molecule has 2 aromatic heterocycles. The molecule has 0 amide bonds. The van der Waals surface area contributed by atoms with E-state index in [1.54, 1.807) is 25.5 Å². The molecule has 2 heterocycles. The first-order chi connectivity index (χ1) is 15.5. The lowest BCUT2D eigenvalue weighted by molar-refractivity contribution is -0.385. The van der Waals surface area contributed by atoms with Crippen LogP contribution in [0.15, 0.2) is 55.2 Å². The van der Waals surface area contributed by atoms with Gasteiger partial charge in [-0.25, -0.2) is 4.98 Å². The zero-order valence-corrected chi connectivity index (χ0v) is 18.9. The minimum absolute atomic E-state index is 0. The summed E-state index contributed by atoms with van der Waals surface area (Å²) in [5.41, 5.74) is 2.44. The monoisotopic (exact) mass is 484 g/mol. The summed E-state index contributed by atoms with van der Waals surface area (Å²) in [5.74, 6) is 0.125. The van der Waals surface area contributed by atoms with Crippen LogP contribution in [-0.4, -0.2) is 26.1 Å². The van der Waals surface area contributed by atoms with Gasteiger partial charge < -0.3 is 14.6 Å². The van der Waals surface area contributed by atoms with E-state index in [1.807, 2.05) is 22.9 Å². The van der Waals surface area contributed by atoms with Gasteiger partial charge >= 0.3 is 5.69 Å². The number of rotatable bonds is 7. The molecule has 0 saturated heterocycles. The molecule has 33 heavy (non-hydrogen) atoms. The maximum atomic E-state index is 11.6. The van der Waals surface area contributed by atoms with Crippen LogP contribution in [0.5, 0.6) is 5.75 Å². The maximum absolute atomic E-state index is 11.6. The lowest BCUT2D eigenvalue weighted by Gasteiger charge is -2.14. The molecular weight excluding hydrogens is 467 g/mol. The Labute approximate surface area is 200 Å². The number of nitrogens with one attached hydrogen (secondary N) is 1. The SMILES string of the molecule is CCOc1cc2ncc(C#N)c(Nc3ccc(Cn4ccnc4)c(Cl)c3)c2cc1[N+](=O)[O-].Cl. The molecule has 0 unspecified atom stereocenters. The third-order valence-electron chi connectivity index (χ3n) is 4.80. The molecule has 2 aromatic carbocycles. The first kappa shape index (κ1) is 23.8. The van der Waals surface area contributed by atoms with Crippen molar-refractivity contribution in [2.24, 2.45) is 0 Å². The third kappa shape index (κ3) is 4.98. The number of hydrogen-bond donors (Lipinski definition) is 1. The van der Waals surface area contributed by atoms with Crippen LogP contribution in [0.4, 0.5) is 17.1 Å². The van der Waals surface area contributed by atoms with E-state index in [9.17, 15) is 15.4 Å². The zero-order valence-electron chi connectivity index (χ0n) is 17.4. The molecule has 0 aliphatic rings. The molecule has 0 saturated carbocycles. The summed E-state index contributed by atoms with van der Waals surface area (Å²) in [5, 5.41) is 25.3. The summed E-state index contributed by atoms with van der Waals surface area (Å²) in [6.45, 7) is 2.58. The molecule has 0 bridgehead atoms. The van der Waals surface area contributed by atoms with Crippen LogP contribution in [0.1, 0.15) is 18.1 Å². The van der Waals surface area contributed by atoms with Crippen molar-refractivity contribution in [1.29, 1.82) is 5.26 Å². The number of ether oxygens (including phenoxy) is 1. The fraction of sp³-hybridized carbons (Fsp3) is 0.136. The lowest BCUT2D eigenvalue weighted by atomic mass is 10.1. The highest BCUT2D eigenvalue weighted by Gasteiger charge is 2.20. The molecule has 0 radical (unpaired) electrons. The molecule has 0 aliphatic carbocycles. The second kappa shape index (κ2) is 10.2. The average Bonchev–Trinajstić information content (AvgIpc) is 3.29. The Hall–Kier alpha value is -3.87. The van der Waals surface area contributed by atoms with Crippen molar-refractivity contribution in [1.82, 2.24) is 14.5 Å². The fourth-order valence-corrected chi connectivity index (χ4v) is 3.56. The number of benzene rings is 2. The maximum Gasteiger partial charge on any atom is 0.311 e. The van der Waals surface area contributed by atoms with E-state index < -0.39 is 4.92 Å². The van der Waals surface area contributed by atoms with Gasteiger partial charge in [0.05, 0.1) is 34.6 Å². The van der Waals surface area contributed by atoms with Crippen molar-refractivity contribution in [3.63, 3.8) is 0 Å². The molecule has 9 nitrogen and oxygen atoms in total. The molecule has 0 fully saturated rings. The summed E-state index contributed by atoms with van der Waals surface area (Å²) < 4.78 is 7.30. The van der Waals surface area contributed by atoms with Gasteiger partial charge in [0.2, 0.25) is 0 Å². The normalized spacial score (nSPS) is 10.3. The van der Waals surface area contributed by atoms with E-state index >= 15 is 0 Å². The molecule has 0 aliphatic heterocycles. The number of hydrogen-bond acceptors (Lipinski definition) is 7. The summed E-state index contributed by atoms with van der Waals surface area (Å²) in [7, 11) is 0.